The van der Waals surface area contributed by atoms with Crippen LogP contribution in [0.5, 0.6) is 11.5 Å². The first-order valence-electron chi connectivity index (χ1n) is 14.6. The molecule has 16 heteroatoms. The highest BCUT2D eigenvalue weighted by molar-refractivity contribution is 8.23. The first-order chi connectivity index (χ1) is 22.3. The maximum absolute atomic E-state index is 15.2. The minimum absolute atomic E-state index is 0.0648. The van der Waals surface area contributed by atoms with Crippen LogP contribution in [0.15, 0.2) is 71.6 Å². The summed E-state index contributed by atoms with van der Waals surface area (Å²) in [6.07, 6.45) is 1.09. The van der Waals surface area contributed by atoms with E-state index in [9.17, 15) is 37.0 Å². The van der Waals surface area contributed by atoms with Crippen LogP contribution in [0.2, 0.25) is 0 Å². The zero-order chi connectivity index (χ0) is 34.2. The van der Waals surface area contributed by atoms with Crippen molar-refractivity contribution < 1.29 is 50.9 Å². The Bertz CT molecular complexity index is 1710. The summed E-state index contributed by atoms with van der Waals surface area (Å²) in [5, 5.41) is 11.5. The predicted molar refractivity (Wildman–Crippen MR) is 171 cm³/mol. The zero-order valence-corrected chi connectivity index (χ0v) is 27.0. The van der Waals surface area contributed by atoms with Crippen molar-refractivity contribution in [2.45, 2.75) is 48.3 Å². The minimum atomic E-state index is -4.14. The second kappa shape index (κ2) is 15.6. The van der Waals surface area contributed by atoms with E-state index in [-0.39, 0.29) is 59.1 Å². The van der Waals surface area contributed by atoms with Gasteiger partial charge in [-0.3, -0.25) is 23.4 Å². The number of hydrogen-bond donors (Lipinski definition) is 6. The molecule has 4 rings (SSSR count). The molecule has 13 nitrogen and oxygen atoms in total. The number of phenols is 1. The lowest BCUT2D eigenvalue weighted by molar-refractivity contribution is -0.122. The third-order valence-corrected chi connectivity index (χ3v) is 10.6. The first kappa shape index (κ1) is 35.6. The normalized spacial score (nSPS) is 16.9. The van der Waals surface area contributed by atoms with Crippen LogP contribution in [0.1, 0.15) is 52.4 Å². The van der Waals surface area contributed by atoms with Gasteiger partial charge in [0.25, 0.3) is 0 Å². The van der Waals surface area contributed by atoms with Gasteiger partial charge in [0.1, 0.15) is 34.2 Å². The van der Waals surface area contributed by atoms with Crippen LogP contribution in [-0.4, -0.2) is 66.7 Å². The average Bonchev–Trinajstić information content (AvgIpc) is 3.31. The predicted octanol–water partition coefficient (Wildman–Crippen LogP) is 3.80. The Hall–Kier alpha value is -4.22. The summed E-state index contributed by atoms with van der Waals surface area (Å²) in [5.74, 6) is -2.94. The molecule has 3 aromatic carbocycles. The fourth-order valence-corrected chi connectivity index (χ4v) is 7.66. The number of benzene rings is 3. The van der Waals surface area contributed by atoms with Gasteiger partial charge < -0.3 is 19.9 Å². The molecule has 0 spiro atoms. The van der Waals surface area contributed by atoms with Gasteiger partial charge in [-0.1, -0.05) is 36.4 Å². The lowest BCUT2D eigenvalue weighted by atomic mass is 10.0. The van der Waals surface area contributed by atoms with E-state index >= 15 is 4.39 Å². The van der Waals surface area contributed by atoms with Crippen LogP contribution in [0, 0.1) is 5.82 Å². The summed E-state index contributed by atoms with van der Waals surface area (Å²) in [6.45, 7) is 0.401. The fourth-order valence-electron chi connectivity index (χ4n) is 4.96. The van der Waals surface area contributed by atoms with Crippen LogP contribution >= 0.6 is 10.8 Å². The van der Waals surface area contributed by atoms with E-state index in [4.69, 9.17) is 4.74 Å². The van der Waals surface area contributed by atoms with E-state index in [0.29, 0.717) is 19.3 Å². The molecule has 1 fully saturated rings. The van der Waals surface area contributed by atoms with Crippen molar-refractivity contribution in [3.63, 3.8) is 0 Å². The summed E-state index contributed by atoms with van der Waals surface area (Å²) in [6, 6.07) is 14.3. The monoisotopic (exact) mass is 693 g/mol. The zero-order valence-electron chi connectivity index (χ0n) is 25.3. The number of esters is 1. The maximum Gasteiger partial charge on any atom is 0.345 e. The molecule has 1 aliphatic heterocycles. The molecule has 2 atom stereocenters. The van der Waals surface area contributed by atoms with E-state index in [1.807, 2.05) is 0 Å². The van der Waals surface area contributed by atoms with Crippen molar-refractivity contribution in [1.82, 2.24) is 14.8 Å². The summed E-state index contributed by atoms with van der Waals surface area (Å²) < 4.78 is 76.4. The summed E-state index contributed by atoms with van der Waals surface area (Å²) in [7, 11) is -6.54. The van der Waals surface area contributed by atoms with Gasteiger partial charge in [-0.2, -0.15) is 4.72 Å². The molecule has 0 aliphatic carbocycles. The number of amides is 2. The number of carbonyl (C=O) groups is 3. The minimum Gasteiger partial charge on any atom is -0.507 e. The number of ether oxygens (including phenoxy) is 2. The van der Waals surface area contributed by atoms with E-state index < -0.39 is 55.7 Å². The third-order valence-electron chi connectivity index (χ3n) is 7.32. The van der Waals surface area contributed by atoms with Crippen molar-refractivity contribution in [3.05, 3.63) is 89.2 Å². The number of unbranched alkanes of at least 4 members (excludes halogenated alkanes) is 2. The second-order valence-corrected chi connectivity index (χ2v) is 14.4. The molecular weight excluding hydrogens is 657 g/mol. The Kier molecular flexibility index (Phi) is 11.8. The Balaban J connectivity index is 1.37. The highest BCUT2D eigenvalue weighted by Crippen LogP contribution is 2.56. The smallest absolute Gasteiger partial charge is 0.345 e. The topological polar surface area (TPSA) is 201 Å². The molecule has 254 valence electrons. The Labute approximate surface area is 273 Å². The van der Waals surface area contributed by atoms with Crippen LogP contribution in [0.3, 0.4) is 0 Å². The van der Waals surface area contributed by atoms with Gasteiger partial charge in [0.15, 0.2) is 0 Å². The molecule has 1 saturated heterocycles. The number of carbonyl (C=O) groups excluding carboxylic acids is 3. The van der Waals surface area contributed by atoms with Crippen LogP contribution < -0.4 is 19.5 Å². The largest absolute Gasteiger partial charge is 0.507 e. The highest BCUT2D eigenvalue weighted by atomic mass is 32.3. The Morgan fingerprint density at radius 2 is 1.81 bits per heavy atom. The molecule has 6 N–H and O–H groups in total. The number of aromatic hydroxyl groups is 1. The van der Waals surface area contributed by atoms with Crippen molar-refractivity contribution in [2.24, 2.45) is 0 Å². The molecule has 1 aliphatic rings. The number of methoxy groups -OCH3 is 1. The Morgan fingerprint density at radius 3 is 2.47 bits per heavy atom. The van der Waals surface area contributed by atoms with Gasteiger partial charge in [-0.15, -0.1) is 10.8 Å². The number of nitrogens with one attached hydrogen (secondary N) is 3. The molecule has 0 saturated carbocycles. The van der Waals surface area contributed by atoms with Crippen molar-refractivity contribution in [2.75, 3.05) is 20.3 Å². The molecule has 1 heterocycles. The standard InChI is InChI=1S/C31H36FN3O10S2/c1-44-31(39)29-25(36)11-8-12-26(29)45-16-7-3-6-15-33-30(38)24(34-46(40,41)21-9-4-2-5-10-21)18-20-13-14-22(23(32)17-20)27-19-28(37)35-47(27,42)43/h2,4-5,8-14,17,24,27,34,36,42-43H,3,6-7,15-16,18-19H2,1H3,(H,33,38)(H,35,37)/t24-,27?/m0/s1. The summed E-state index contributed by atoms with van der Waals surface area (Å²) >= 11 is 0. The number of sulfonamides is 1. The number of hydrogen-bond acceptors (Lipinski definition) is 10. The molecule has 0 bridgehead atoms. The van der Waals surface area contributed by atoms with Crippen LogP contribution in [0.4, 0.5) is 4.39 Å². The van der Waals surface area contributed by atoms with E-state index in [2.05, 4.69) is 19.5 Å². The van der Waals surface area contributed by atoms with E-state index in [1.165, 1.54) is 61.7 Å². The fraction of sp³-hybridized carbons (Fsp3) is 0.323. The maximum atomic E-state index is 15.2. The summed E-state index contributed by atoms with van der Waals surface area (Å²) in [4.78, 5) is 36.8. The van der Waals surface area contributed by atoms with Crippen molar-refractivity contribution >= 4 is 38.6 Å². The van der Waals surface area contributed by atoms with Gasteiger partial charge in [-0.05, 0) is 61.6 Å². The van der Waals surface area contributed by atoms with Gasteiger partial charge in [0, 0.05) is 12.1 Å². The van der Waals surface area contributed by atoms with Crippen molar-refractivity contribution in [3.8, 4) is 11.5 Å². The first-order valence-corrected chi connectivity index (χ1v) is 17.7. The van der Waals surface area contributed by atoms with Gasteiger partial charge >= 0.3 is 5.97 Å². The molecule has 3 aromatic rings. The number of rotatable bonds is 15. The molecule has 0 radical (unpaired) electrons. The molecule has 0 aromatic heterocycles. The third kappa shape index (κ3) is 9.20. The second-order valence-electron chi connectivity index (χ2n) is 10.7. The lowest BCUT2D eigenvalue weighted by Crippen LogP contribution is -2.48. The van der Waals surface area contributed by atoms with Gasteiger partial charge in [0.05, 0.1) is 25.0 Å². The SMILES string of the molecule is COC(=O)c1c(O)cccc1OCCCCCNC(=O)[C@H](Cc1ccc(C2CC(=O)NS2(O)O)c(F)c1)NS(=O)(=O)c1ccccc1. The van der Waals surface area contributed by atoms with Crippen LogP contribution in [0.25, 0.3) is 0 Å². The molecular formula is C31H36FN3O10S2. The van der Waals surface area contributed by atoms with Crippen LogP contribution in [-0.2, 0) is 30.8 Å². The van der Waals surface area contributed by atoms with Gasteiger partial charge in [0.2, 0.25) is 21.8 Å². The lowest BCUT2D eigenvalue weighted by Gasteiger charge is -2.33. The number of phenolic OH excluding ortho intramolecular Hbond substituents is 1. The van der Waals surface area contributed by atoms with Gasteiger partial charge in [-0.25, -0.2) is 17.6 Å². The molecule has 1 unspecified atom stereocenters. The highest BCUT2D eigenvalue weighted by Gasteiger charge is 2.39. The Morgan fingerprint density at radius 1 is 1.06 bits per heavy atom. The van der Waals surface area contributed by atoms with E-state index in [0.717, 1.165) is 6.07 Å². The quantitative estimate of drug-likeness (QED) is 0.100. The average molecular weight is 694 g/mol. The van der Waals surface area contributed by atoms with E-state index in [1.54, 1.807) is 6.07 Å². The molecule has 47 heavy (non-hydrogen) atoms. The summed E-state index contributed by atoms with van der Waals surface area (Å²) in [5.41, 5.74) is 0.0846. The molecule has 2 amide bonds. The van der Waals surface area contributed by atoms with Crippen molar-refractivity contribution in [1.29, 1.82) is 0 Å². The number of halogens is 1.